The highest BCUT2D eigenvalue weighted by molar-refractivity contribution is 5.78. The van der Waals surface area contributed by atoms with Crippen molar-refractivity contribution in [1.82, 2.24) is 19.9 Å². The number of imidazole rings is 1. The van der Waals surface area contributed by atoms with Crippen molar-refractivity contribution in [3.63, 3.8) is 0 Å². The highest BCUT2D eigenvalue weighted by atomic mass is 16.5. The Hall–Kier alpha value is -3.77. The summed E-state index contributed by atoms with van der Waals surface area (Å²) in [5, 5.41) is 12.1. The summed E-state index contributed by atoms with van der Waals surface area (Å²) in [6.45, 7) is 5.64. The molecule has 154 valence electrons. The fourth-order valence-electron chi connectivity index (χ4n) is 2.84. The first-order valence-corrected chi connectivity index (χ1v) is 9.35. The van der Waals surface area contributed by atoms with Crippen LogP contribution in [-0.2, 0) is 9.53 Å². The van der Waals surface area contributed by atoms with Crippen LogP contribution in [0, 0.1) is 11.3 Å². The Morgan fingerprint density at radius 3 is 2.60 bits per heavy atom. The normalized spacial score (nSPS) is 12.2. The molecule has 1 unspecified atom stereocenters. The molecule has 2 heterocycles. The van der Waals surface area contributed by atoms with Crippen LogP contribution >= 0.6 is 0 Å². The molecule has 9 heteroatoms. The van der Waals surface area contributed by atoms with Crippen molar-refractivity contribution in [2.45, 2.75) is 39.0 Å². The summed E-state index contributed by atoms with van der Waals surface area (Å²) in [5.74, 6) is 0.386. The number of primary amides is 1. The van der Waals surface area contributed by atoms with Gasteiger partial charge in [-0.05, 0) is 32.9 Å². The summed E-state index contributed by atoms with van der Waals surface area (Å²) >= 11 is 0. The number of hydrogen-bond donors (Lipinski definition) is 3. The second-order valence-corrected chi connectivity index (χ2v) is 7.62. The molecule has 0 aliphatic heterocycles. The molecule has 0 saturated carbocycles. The Bertz CT molecular complexity index is 1050. The fraction of sp³-hybridized carbons (Fsp3) is 0.286. The van der Waals surface area contributed by atoms with E-state index in [1.807, 2.05) is 32.9 Å². The van der Waals surface area contributed by atoms with Crippen molar-refractivity contribution in [3.8, 4) is 28.7 Å². The summed E-state index contributed by atoms with van der Waals surface area (Å²) in [4.78, 5) is 27.8. The van der Waals surface area contributed by atoms with Crippen LogP contribution in [0.1, 0.15) is 32.8 Å². The SMILES string of the molecule is CC(C)(C)OC(CC(N)=O)Nc1ncc(-c2ncc[nH]2)c(-c2ccc(C#N)cc2)n1. The number of hydrogen-bond acceptors (Lipinski definition) is 7. The quantitative estimate of drug-likeness (QED) is 0.513. The van der Waals surface area contributed by atoms with E-state index in [0.717, 1.165) is 5.56 Å². The second kappa shape index (κ2) is 8.71. The average molecular weight is 405 g/mol. The molecular formula is C21H23N7O2. The van der Waals surface area contributed by atoms with Gasteiger partial charge in [-0.1, -0.05) is 12.1 Å². The molecule has 0 spiro atoms. The minimum Gasteiger partial charge on any atom is -0.370 e. The van der Waals surface area contributed by atoms with Crippen molar-refractivity contribution in [1.29, 1.82) is 5.26 Å². The van der Waals surface area contributed by atoms with Crippen LogP contribution in [0.2, 0.25) is 0 Å². The summed E-state index contributed by atoms with van der Waals surface area (Å²) < 4.78 is 5.88. The van der Waals surface area contributed by atoms with Gasteiger partial charge in [-0.15, -0.1) is 0 Å². The maximum atomic E-state index is 11.5. The van der Waals surface area contributed by atoms with Crippen molar-refractivity contribution in [2.24, 2.45) is 5.73 Å². The number of anilines is 1. The van der Waals surface area contributed by atoms with Crippen molar-refractivity contribution >= 4 is 11.9 Å². The Labute approximate surface area is 174 Å². The third kappa shape index (κ3) is 5.40. The molecule has 1 atom stereocenters. The van der Waals surface area contributed by atoms with E-state index in [4.69, 9.17) is 15.7 Å². The van der Waals surface area contributed by atoms with E-state index in [2.05, 4.69) is 31.3 Å². The molecule has 0 aliphatic rings. The lowest BCUT2D eigenvalue weighted by Gasteiger charge is -2.27. The monoisotopic (exact) mass is 405 g/mol. The first-order chi connectivity index (χ1) is 14.2. The van der Waals surface area contributed by atoms with Gasteiger partial charge in [-0.2, -0.15) is 5.26 Å². The number of nitriles is 1. The van der Waals surface area contributed by atoms with Gasteiger partial charge in [-0.3, -0.25) is 4.79 Å². The minimum atomic E-state index is -0.689. The maximum Gasteiger partial charge on any atom is 0.225 e. The lowest BCUT2D eigenvalue weighted by molar-refractivity contribution is -0.123. The smallest absolute Gasteiger partial charge is 0.225 e. The van der Waals surface area contributed by atoms with Crippen LogP contribution < -0.4 is 11.1 Å². The largest absolute Gasteiger partial charge is 0.370 e. The van der Waals surface area contributed by atoms with Gasteiger partial charge >= 0.3 is 0 Å². The van der Waals surface area contributed by atoms with Crippen molar-refractivity contribution in [2.75, 3.05) is 5.32 Å². The number of carbonyl (C=O) groups is 1. The number of amides is 1. The number of rotatable bonds is 7. The molecule has 0 aliphatic carbocycles. The highest BCUT2D eigenvalue weighted by Gasteiger charge is 2.22. The molecule has 2 aromatic heterocycles. The summed E-state index contributed by atoms with van der Waals surface area (Å²) in [6.07, 6.45) is 4.27. The van der Waals surface area contributed by atoms with Crippen LogP contribution in [-0.4, -0.2) is 37.7 Å². The molecular weight excluding hydrogens is 382 g/mol. The summed E-state index contributed by atoms with van der Waals surface area (Å²) in [5.41, 5.74) is 7.50. The Morgan fingerprint density at radius 1 is 1.30 bits per heavy atom. The number of nitrogens with zero attached hydrogens (tertiary/aromatic N) is 4. The zero-order valence-electron chi connectivity index (χ0n) is 17.0. The van der Waals surface area contributed by atoms with E-state index in [0.29, 0.717) is 22.6 Å². The van der Waals surface area contributed by atoms with Gasteiger partial charge in [0.15, 0.2) is 0 Å². The average Bonchev–Trinajstić information content (AvgIpc) is 3.21. The number of aromatic amines is 1. The lowest BCUT2D eigenvalue weighted by Crippen LogP contribution is -2.36. The van der Waals surface area contributed by atoms with Crippen LogP contribution in [0.5, 0.6) is 0 Å². The van der Waals surface area contributed by atoms with Gasteiger partial charge in [0.1, 0.15) is 12.1 Å². The van der Waals surface area contributed by atoms with E-state index in [1.54, 1.807) is 30.7 Å². The molecule has 9 nitrogen and oxygen atoms in total. The Balaban J connectivity index is 2.00. The second-order valence-electron chi connectivity index (χ2n) is 7.62. The maximum absolute atomic E-state index is 11.5. The molecule has 0 radical (unpaired) electrons. The zero-order valence-corrected chi connectivity index (χ0v) is 17.0. The van der Waals surface area contributed by atoms with Crippen LogP contribution in [0.15, 0.2) is 42.9 Å². The molecule has 30 heavy (non-hydrogen) atoms. The third-order valence-corrected chi connectivity index (χ3v) is 4.00. The molecule has 0 saturated heterocycles. The molecule has 1 aromatic carbocycles. The standard InChI is InChI=1S/C21H23N7O2/c1-21(2,3)30-17(10-16(23)29)27-20-26-12-15(19-24-8-9-25-19)18(28-20)14-6-4-13(11-22)5-7-14/h4-9,12,17H,10H2,1-3H3,(H2,23,29)(H,24,25)(H,26,27,28). The van der Waals surface area contributed by atoms with Gasteiger partial charge in [0, 0.05) is 24.2 Å². The number of nitrogens with one attached hydrogen (secondary N) is 2. The molecule has 3 rings (SSSR count). The third-order valence-electron chi connectivity index (χ3n) is 4.00. The van der Waals surface area contributed by atoms with Crippen LogP contribution in [0.25, 0.3) is 22.6 Å². The van der Waals surface area contributed by atoms with Crippen molar-refractivity contribution in [3.05, 3.63) is 48.4 Å². The number of H-pyrrole nitrogens is 1. The van der Waals surface area contributed by atoms with Gasteiger partial charge < -0.3 is 20.8 Å². The van der Waals surface area contributed by atoms with Crippen LogP contribution in [0.3, 0.4) is 0 Å². The fourth-order valence-corrected chi connectivity index (χ4v) is 2.84. The molecule has 3 aromatic rings. The van der Waals surface area contributed by atoms with E-state index < -0.39 is 17.7 Å². The van der Waals surface area contributed by atoms with E-state index in [-0.39, 0.29) is 12.4 Å². The van der Waals surface area contributed by atoms with E-state index in [1.165, 1.54) is 0 Å². The molecule has 1 amide bonds. The lowest BCUT2D eigenvalue weighted by atomic mass is 10.1. The van der Waals surface area contributed by atoms with Gasteiger partial charge in [0.2, 0.25) is 11.9 Å². The molecule has 0 fully saturated rings. The Morgan fingerprint density at radius 2 is 2.03 bits per heavy atom. The summed E-state index contributed by atoms with van der Waals surface area (Å²) in [7, 11) is 0. The van der Waals surface area contributed by atoms with Crippen LogP contribution in [0.4, 0.5) is 5.95 Å². The Kier molecular flexibility index (Phi) is 6.09. The predicted octanol–water partition coefficient (Wildman–Crippen LogP) is 2.83. The number of ether oxygens (including phenoxy) is 1. The zero-order chi connectivity index (χ0) is 21.7. The number of nitrogens with two attached hydrogens (primary N) is 1. The first-order valence-electron chi connectivity index (χ1n) is 9.35. The highest BCUT2D eigenvalue weighted by Crippen LogP contribution is 2.29. The number of benzene rings is 1. The van der Waals surface area contributed by atoms with Gasteiger partial charge in [-0.25, -0.2) is 15.0 Å². The number of carbonyl (C=O) groups excluding carboxylic acids is 1. The minimum absolute atomic E-state index is 0.0350. The van der Waals surface area contributed by atoms with Gasteiger partial charge in [0.25, 0.3) is 0 Å². The first kappa shape index (κ1) is 21.0. The van der Waals surface area contributed by atoms with E-state index in [9.17, 15) is 4.79 Å². The molecule has 4 N–H and O–H groups in total. The number of aromatic nitrogens is 4. The van der Waals surface area contributed by atoms with E-state index >= 15 is 0 Å². The van der Waals surface area contributed by atoms with Gasteiger partial charge in [0.05, 0.1) is 34.9 Å². The molecule has 0 bridgehead atoms. The van der Waals surface area contributed by atoms with Crippen molar-refractivity contribution < 1.29 is 9.53 Å². The topological polar surface area (TPSA) is 143 Å². The predicted molar refractivity (Wildman–Crippen MR) is 112 cm³/mol. The summed E-state index contributed by atoms with van der Waals surface area (Å²) in [6, 6.07) is 9.15.